The number of carbonyl (C=O) groups excluding carboxylic acids is 3. The van der Waals surface area contributed by atoms with Gasteiger partial charge in [-0.3, -0.25) is 14.9 Å². The Balaban J connectivity index is 1.69. The Labute approximate surface area is 236 Å². The third-order valence-corrected chi connectivity index (χ3v) is 7.17. The fourth-order valence-corrected chi connectivity index (χ4v) is 5.05. The van der Waals surface area contributed by atoms with Crippen LogP contribution in [0.3, 0.4) is 0 Å². The molecule has 0 aliphatic carbocycles. The number of ether oxygens (including phenoxy) is 2. The van der Waals surface area contributed by atoms with E-state index in [-0.39, 0.29) is 44.8 Å². The number of nitrogens with zero attached hydrogens (tertiary/aromatic N) is 1. The number of halogens is 1. The number of anilines is 1. The van der Waals surface area contributed by atoms with E-state index in [9.17, 15) is 22.8 Å². The summed E-state index contributed by atoms with van der Waals surface area (Å²) in [6.07, 6.45) is 1.22. The molecule has 4 rings (SSSR count). The number of barbiturate groups is 1. The highest BCUT2D eigenvalue weighted by Crippen LogP contribution is 2.39. The maximum atomic E-state index is 13.3. The number of urea groups is 1. The summed E-state index contributed by atoms with van der Waals surface area (Å²) in [5.74, 6) is -1.51. The summed E-state index contributed by atoms with van der Waals surface area (Å²) in [5, 5.41) is 2.00. The quantitative estimate of drug-likeness (QED) is 0.214. The van der Waals surface area contributed by atoms with E-state index in [1.54, 1.807) is 31.2 Å². The Hall–Kier alpha value is -4.35. The summed E-state index contributed by atoms with van der Waals surface area (Å²) in [6.45, 7) is 5.90. The molecule has 0 bridgehead atoms. The van der Waals surface area contributed by atoms with Crippen LogP contribution in [0.4, 0.5) is 10.5 Å². The summed E-state index contributed by atoms with van der Waals surface area (Å²) in [6, 6.07) is 14.1. The van der Waals surface area contributed by atoms with Crippen LogP contribution in [0.15, 0.2) is 71.1 Å². The molecular formula is C28H25ClN2O8S. The maximum absolute atomic E-state index is 13.3. The molecule has 40 heavy (non-hydrogen) atoms. The predicted octanol–water partition coefficient (Wildman–Crippen LogP) is 4.88. The van der Waals surface area contributed by atoms with Gasteiger partial charge in [-0.2, -0.15) is 8.42 Å². The minimum absolute atomic E-state index is 0.0272. The van der Waals surface area contributed by atoms with Crippen LogP contribution in [0.5, 0.6) is 17.2 Å². The van der Waals surface area contributed by atoms with Gasteiger partial charge in [-0.1, -0.05) is 29.3 Å². The number of carbonyl (C=O) groups is 3. The number of benzene rings is 3. The zero-order valence-electron chi connectivity index (χ0n) is 21.8. The van der Waals surface area contributed by atoms with Crippen molar-refractivity contribution < 1.29 is 36.5 Å². The van der Waals surface area contributed by atoms with Crippen molar-refractivity contribution in [1.82, 2.24) is 5.32 Å². The fraction of sp³-hybridized carbons (Fsp3) is 0.179. The molecule has 1 aliphatic rings. The molecule has 1 fully saturated rings. The van der Waals surface area contributed by atoms with Gasteiger partial charge in [0.05, 0.1) is 23.9 Å². The maximum Gasteiger partial charge on any atom is 0.339 e. The SMILES string of the molecule is CCOc1ccc(N2C(=O)NC(=O)/C(=C\c3cc(Cl)c(OS(=O)(=O)c4ccc(C)cc4)c(OCC)c3)C2=O)cc1. The standard InChI is InChI=1S/C28H25ClN2O8S/c1-4-37-20-10-8-19(9-11-20)31-27(33)22(26(32)30-28(31)34)14-18-15-23(29)25(24(16-18)38-5-2)39-40(35,36)21-12-6-17(3)7-13-21/h6-16H,4-5H2,1-3H3,(H,30,32,34)/b22-14+. The smallest absolute Gasteiger partial charge is 0.339 e. The van der Waals surface area contributed by atoms with Crippen LogP contribution in [-0.4, -0.2) is 39.5 Å². The number of hydrogen-bond donors (Lipinski definition) is 1. The average Bonchev–Trinajstić information content (AvgIpc) is 2.90. The number of imide groups is 2. The normalized spacial score (nSPS) is 14.8. The lowest BCUT2D eigenvalue weighted by Gasteiger charge is -2.26. The van der Waals surface area contributed by atoms with Crippen molar-refractivity contribution in [1.29, 1.82) is 0 Å². The van der Waals surface area contributed by atoms with Crippen molar-refractivity contribution >= 4 is 51.3 Å². The van der Waals surface area contributed by atoms with Crippen molar-refractivity contribution in [3.05, 3.63) is 82.4 Å². The Morgan fingerprint density at radius 3 is 2.20 bits per heavy atom. The molecule has 0 saturated carbocycles. The van der Waals surface area contributed by atoms with Crippen molar-refractivity contribution in [2.45, 2.75) is 25.7 Å². The first-order valence-corrected chi connectivity index (χ1v) is 13.9. The van der Waals surface area contributed by atoms with Crippen LogP contribution < -0.4 is 23.9 Å². The van der Waals surface area contributed by atoms with Crippen molar-refractivity contribution in [2.75, 3.05) is 18.1 Å². The Bertz CT molecular complexity index is 1600. The summed E-state index contributed by atoms with van der Waals surface area (Å²) < 4.78 is 42.0. The van der Waals surface area contributed by atoms with Crippen LogP contribution in [-0.2, 0) is 19.7 Å². The molecule has 1 N–H and O–H groups in total. The van der Waals surface area contributed by atoms with Gasteiger partial charge in [-0.25, -0.2) is 9.69 Å². The Morgan fingerprint density at radius 2 is 1.57 bits per heavy atom. The molecule has 208 valence electrons. The van der Waals surface area contributed by atoms with Crippen molar-refractivity contribution in [3.8, 4) is 17.2 Å². The highest BCUT2D eigenvalue weighted by Gasteiger charge is 2.37. The highest BCUT2D eigenvalue weighted by atomic mass is 35.5. The van der Waals surface area contributed by atoms with Crippen LogP contribution in [0, 0.1) is 6.92 Å². The second-order valence-electron chi connectivity index (χ2n) is 8.50. The van der Waals surface area contributed by atoms with Gasteiger partial charge >= 0.3 is 16.1 Å². The van der Waals surface area contributed by atoms with Crippen LogP contribution in [0.25, 0.3) is 6.08 Å². The van der Waals surface area contributed by atoms with E-state index in [4.69, 9.17) is 25.3 Å². The lowest BCUT2D eigenvalue weighted by atomic mass is 10.1. The van der Waals surface area contributed by atoms with Crippen LogP contribution in [0.2, 0.25) is 5.02 Å². The predicted molar refractivity (Wildman–Crippen MR) is 148 cm³/mol. The van der Waals surface area contributed by atoms with Gasteiger partial charge in [-0.15, -0.1) is 0 Å². The van der Waals surface area contributed by atoms with Gasteiger partial charge in [0.25, 0.3) is 11.8 Å². The van der Waals surface area contributed by atoms with E-state index >= 15 is 0 Å². The third kappa shape index (κ3) is 6.11. The summed E-state index contributed by atoms with van der Waals surface area (Å²) in [4.78, 5) is 39.2. The fourth-order valence-electron chi connectivity index (χ4n) is 3.79. The lowest BCUT2D eigenvalue weighted by molar-refractivity contribution is -0.122. The molecule has 12 heteroatoms. The van der Waals surface area contributed by atoms with Crippen molar-refractivity contribution in [3.63, 3.8) is 0 Å². The van der Waals surface area contributed by atoms with E-state index in [0.717, 1.165) is 10.5 Å². The topological polar surface area (TPSA) is 128 Å². The van der Waals surface area contributed by atoms with Gasteiger partial charge in [0.15, 0.2) is 5.75 Å². The van der Waals surface area contributed by atoms with Gasteiger partial charge < -0.3 is 13.7 Å². The molecule has 10 nitrogen and oxygen atoms in total. The molecule has 0 radical (unpaired) electrons. The van der Waals surface area contributed by atoms with E-state index in [1.165, 1.54) is 42.5 Å². The molecule has 0 atom stereocenters. The van der Waals surface area contributed by atoms with E-state index in [0.29, 0.717) is 12.4 Å². The number of rotatable bonds is 9. The minimum atomic E-state index is -4.25. The molecule has 1 heterocycles. The monoisotopic (exact) mass is 584 g/mol. The van der Waals surface area contributed by atoms with Gasteiger partial charge in [0, 0.05) is 0 Å². The van der Waals surface area contributed by atoms with Gasteiger partial charge in [0.1, 0.15) is 16.2 Å². The average molecular weight is 585 g/mol. The summed E-state index contributed by atoms with van der Waals surface area (Å²) in [5.41, 5.74) is 0.969. The van der Waals surface area contributed by atoms with E-state index < -0.39 is 28.0 Å². The molecule has 0 unspecified atom stereocenters. The lowest BCUT2D eigenvalue weighted by Crippen LogP contribution is -2.54. The molecule has 3 aromatic rings. The number of aryl methyl sites for hydroxylation is 1. The molecule has 3 aromatic carbocycles. The minimum Gasteiger partial charge on any atom is -0.494 e. The molecule has 1 saturated heterocycles. The molecule has 0 aromatic heterocycles. The molecule has 1 aliphatic heterocycles. The van der Waals surface area contributed by atoms with Crippen LogP contribution in [0.1, 0.15) is 25.0 Å². The zero-order valence-corrected chi connectivity index (χ0v) is 23.3. The Kier molecular flexibility index (Phi) is 8.46. The largest absolute Gasteiger partial charge is 0.494 e. The first-order valence-electron chi connectivity index (χ1n) is 12.2. The first-order chi connectivity index (χ1) is 19.0. The second-order valence-corrected chi connectivity index (χ2v) is 10.5. The second kappa shape index (κ2) is 11.8. The Morgan fingerprint density at radius 1 is 0.925 bits per heavy atom. The first kappa shape index (κ1) is 28.7. The number of nitrogens with one attached hydrogen (secondary N) is 1. The van der Waals surface area contributed by atoms with Crippen LogP contribution >= 0.6 is 11.6 Å². The third-order valence-electron chi connectivity index (χ3n) is 5.65. The van der Waals surface area contributed by atoms with E-state index in [2.05, 4.69) is 5.32 Å². The molecule has 4 amide bonds. The zero-order chi connectivity index (χ0) is 29.0. The highest BCUT2D eigenvalue weighted by molar-refractivity contribution is 7.87. The van der Waals surface area contributed by atoms with Gasteiger partial charge in [0.2, 0.25) is 5.75 Å². The number of amides is 4. The van der Waals surface area contributed by atoms with E-state index in [1.807, 2.05) is 13.8 Å². The summed E-state index contributed by atoms with van der Waals surface area (Å²) >= 11 is 6.41. The van der Waals surface area contributed by atoms with Crippen molar-refractivity contribution in [2.24, 2.45) is 0 Å². The number of hydrogen-bond acceptors (Lipinski definition) is 8. The summed E-state index contributed by atoms with van der Waals surface area (Å²) in [7, 11) is -4.25. The van der Waals surface area contributed by atoms with Gasteiger partial charge in [-0.05, 0) is 80.9 Å². The molecule has 0 spiro atoms. The molecular weight excluding hydrogens is 560 g/mol.